The zero-order valence-electron chi connectivity index (χ0n) is 9.37. The Labute approximate surface area is 98.8 Å². The predicted molar refractivity (Wildman–Crippen MR) is 63.3 cm³/mol. The molecule has 0 radical (unpaired) electrons. The summed E-state index contributed by atoms with van der Waals surface area (Å²) >= 11 is 1.61. The molecule has 0 amide bonds. The zero-order chi connectivity index (χ0) is 11.7. The standard InChI is InChI=1S/C12H15FO2S/c1-3-11-12(14)8-4-7(15-2)5-10(13)9(8)6-16-11/h4-5,11-12,14H,3,6H2,1-2H3. The number of hydrogen-bond donors (Lipinski definition) is 1. The molecular formula is C12H15FO2S. The first kappa shape index (κ1) is 11.7. The number of methoxy groups -OCH3 is 1. The Morgan fingerprint density at radius 2 is 2.31 bits per heavy atom. The van der Waals surface area contributed by atoms with Crippen LogP contribution in [0.3, 0.4) is 0 Å². The summed E-state index contributed by atoms with van der Waals surface area (Å²) in [6.45, 7) is 2.03. The van der Waals surface area contributed by atoms with E-state index in [0.717, 1.165) is 6.42 Å². The van der Waals surface area contributed by atoms with E-state index < -0.39 is 6.10 Å². The van der Waals surface area contributed by atoms with Gasteiger partial charge in [-0.25, -0.2) is 4.39 Å². The molecule has 1 aromatic carbocycles. The molecule has 2 rings (SSSR count). The van der Waals surface area contributed by atoms with Crippen LogP contribution in [0.4, 0.5) is 4.39 Å². The average molecular weight is 242 g/mol. The van der Waals surface area contributed by atoms with Gasteiger partial charge < -0.3 is 9.84 Å². The fraction of sp³-hybridized carbons (Fsp3) is 0.500. The third-order valence-corrected chi connectivity index (χ3v) is 4.43. The molecule has 2 nitrogen and oxygen atoms in total. The van der Waals surface area contributed by atoms with Gasteiger partial charge in [0.25, 0.3) is 0 Å². The van der Waals surface area contributed by atoms with Crippen molar-refractivity contribution in [1.82, 2.24) is 0 Å². The number of aliphatic hydroxyl groups is 1. The summed E-state index contributed by atoms with van der Waals surface area (Å²) in [6, 6.07) is 3.11. The molecule has 16 heavy (non-hydrogen) atoms. The molecule has 0 aliphatic carbocycles. The molecule has 0 bridgehead atoms. The van der Waals surface area contributed by atoms with Crippen molar-refractivity contribution in [3.63, 3.8) is 0 Å². The molecule has 2 atom stereocenters. The maximum atomic E-state index is 13.7. The molecule has 1 aliphatic heterocycles. The highest BCUT2D eigenvalue weighted by molar-refractivity contribution is 7.99. The van der Waals surface area contributed by atoms with Crippen molar-refractivity contribution in [3.05, 3.63) is 29.1 Å². The molecule has 4 heteroatoms. The van der Waals surface area contributed by atoms with Crippen LogP contribution < -0.4 is 4.74 Å². The summed E-state index contributed by atoms with van der Waals surface area (Å²) in [7, 11) is 1.50. The molecule has 88 valence electrons. The van der Waals surface area contributed by atoms with E-state index in [9.17, 15) is 9.50 Å². The van der Waals surface area contributed by atoms with Gasteiger partial charge in [-0.2, -0.15) is 11.8 Å². The van der Waals surface area contributed by atoms with Crippen LogP contribution in [-0.2, 0) is 5.75 Å². The summed E-state index contributed by atoms with van der Waals surface area (Å²) in [4.78, 5) is 0. The Kier molecular flexibility index (Phi) is 3.40. The van der Waals surface area contributed by atoms with Gasteiger partial charge in [0.05, 0.1) is 13.2 Å². The molecule has 0 saturated heterocycles. The van der Waals surface area contributed by atoms with Gasteiger partial charge in [-0.1, -0.05) is 6.92 Å². The summed E-state index contributed by atoms with van der Waals surface area (Å²) in [5.41, 5.74) is 1.30. The lowest BCUT2D eigenvalue weighted by Crippen LogP contribution is -2.21. The van der Waals surface area contributed by atoms with E-state index in [0.29, 0.717) is 22.6 Å². The molecule has 1 aromatic rings. The van der Waals surface area contributed by atoms with Gasteiger partial charge >= 0.3 is 0 Å². The molecule has 1 heterocycles. The maximum absolute atomic E-state index is 13.7. The fourth-order valence-electron chi connectivity index (χ4n) is 1.99. The van der Waals surface area contributed by atoms with E-state index in [1.807, 2.05) is 6.92 Å². The largest absolute Gasteiger partial charge is 0.497 e. The van der Waals surface area contributed by atoms with Crippen molar-refractivity contribution in [3.8, 4) is 5.75 Å². The highest BCUT2D eigenvalue weighted by Crippen LogP contribution is 2.41. The van der Waals surface area contributed by atoms with E-state index in [1.54, 1.807) is 17.8 Å². The second-order valence-electron chi connectivity index (χ2n) is 3.88. The second kappa shape index (κ2) is 4.63. The first-order valence-electron chi connectivity index (χ1n) is 5.33. The van der Waals surface area contributed by atoms with Crippen molar-refractivity contribution < 1.29 is 14.2 Å². The molecule has 2 unspecified atom stereocenters. The van der Waals surface area contributed by atoms with Crippen molar-refractivity contribution in [2.24, 2.45) is 0 Å². The molecule has 0 aromatic heterocycles. The van der Waals surface area contributed by atoms with Crippen LogP contribution in [0.15, 0.2) is 12.1 Å². The minimum Gasteiger partial charge on any atom is -0.497 e. The van der Waals surface area contributed by atoms with Crippen molar-refractivity contribution in [1.29, 1.82) is 0 Å². The minimum absolute atomic E-state index is 0.152. The highest BCUT2D eigenvalue weighted by atomic mass is 32.2. The summed E-state index contributed by atoms with van der Waals surface area (Å²) in [5.74, 6) is 0.813. The maximum Gasteiger partial charge on any atom is 0.131 e. The lowest BCUT2D eigenvalue weighted by atomic mass is 9.98. The van der Waals surface area contributed by atoms with Crippen LogP contribution >= 0.6 is 11.8 Å². The Morgan fingerprint density at radius 3 is 2.94 bits per heavy atom. The lowest BCUT2D eigenvalue weighted by Gasteiger charge is -2.29. The van der Waals surface area contributed by atoms with E-state index in [4.69, 9.17) is 4.74 Å². The Hall–Kier alpha value is -0.740. The Bertz CT molecular complexity index is 395. The van der Waals surface area contributed by atoms with E-state index >= 15 is 0 Å². The van der Waals surface area contributed by atoms with Gasteiger partial charge in [0.15, 0.2) is 0 Å². The summed E-state index contributed by atoms with van der Waals surface area (Å²) < 4.78 is 18.7. The molecule has 0 spiro atoms. The third kappa shape index (κ3) is 1.92. The van der Waals surface area contributed by atoms with E-state index in [2.05, 4.69) is 0 Å². The average Bonchev–Trinajstić information content (AvgIpc) is 2.30. The summed E-state index contributed by atoms with van der Waals surface area (Å²) in [5, 5.41) is 10.3. The molecule has 1 aliphatic rings. The van der Waals surface area contributed by atoms with E-state index in [1.165, 1.54) is 13.2 Å². The van der Waals surface area contributed by atoms with Gasteiger partial charge in [-0.15, -0.1) is 0 Å². The number of benzene rings is 1. The van der Waals surface area contributed by atoms with Crippen LogP contribution in [0.1, 0.15) is 30.6 Å². The number of thioether (sulfide) groups is 1. The number of ether oxygens (including phenoxy) is 1. The minimum atomic E-state index is -0.594. The van der Waals surface area contributed by atoms with Gasteiger partial charge in [-0.3, -0.25) is 0 Å². The first-order valence-corrected chi connectivity index (χ1v) is 6.38. The molecule has 1 N–H and O–H groups in total. The molecule has 0 saturated carbocycles. The Morgan fingerprint density at radius 1 is 1.56 bits per heavy atom. The predicted octanol–water partition coefficient (Wildman–Crippen LogP) is 2.89. The van der Waals surface area contributed by atoms with Crippen molar-refractivity contribution >= 4 is 11.8 Å². The topological polar surface area (TPSA) is 29.5 Å². The number of hydrogen-bond acceptors (Lipinski definition) is 3. The normalized spacial score (nSPS) is 24.0. The van der Waals surface area contributed by atoms with Crippen LogP contribution in [0.2, 0.25) is 0 Å². The van der Waals surface area contributed by atoms with Crippen LogP contribution in [0, 0.1) is 5.82 Å². The van der Waals surface area contributed by atoms with Gasteiger partial charge in [-0.05, 0) is 18.1 Å². The van der Waals surface area contributed by atoms with Crippen molar-refractivity contribution in [2.75, 3.05) is 7.11 Å². The lowest BCUT2D eigenvalue weighted by molar-refractivity contribution is 0.169. The van der Waals surface area contributed by atoms with Gasteiger partial charge in [0.1, 0.15) is 11.6 Å². The molecular weight excluding hydrogens is 227 g/mol. The number of fused-ring (bicyclic) bond motifs is 1. The monoisotopic (exact) mass is 242 g/mol. The second-order valence-corrected chi connectivity index (χ2v) is 5.11. The van der Waals surface area contributed by atoms with Crippen LogP contribution in [0.25, 0.3) is 0 Å². The fourth-order valence-corrected chi connectivity index (χ4v) is 3.24. The van der Waals surface area contributed by atoms with Gasteiger partial charge in [0, 0.05) is 22.6 Å². The zero-order valence-corrected chi connectivity index (χ0v) is 10.2. The third-order valence-electron chi connectivity index (χ3n) is 2.95. The molecule has 0 fully saturated rings. The van der Waals surface area contributed by atoms with E-state index in [-0.39, 0.29) is 11.1 Å². The quantitative estimate of drug-likeness (QED) is 0.864. The van der Waals surface area contributed by atoms with Crippen LogP contribution in [0.5, 0.6) is 5.75 Å². The van der Waals surface area contributed by atoms with Crippen molar-refractivity contribution in [2.45, 2.75) is 30.5 Å². The first-order chi connectivity index (χ1) is 7.67. The van der Waals surface area contributed by atoms with Gasteiger partial charge in [0.2, 0.25) is 0 Å². The number of aliphatic hydroxyl groups excluding tert-OH is 1. The number of halogens is 1. The highest BCUT2D eigenvalue weighted by Gasteiger charge is 2.29. The van der Waals surface area contributed by atoms with Crippen LogP contribution in [-0.4, -0.2) is 17.5 Å². The smallest absolute Gasteiger partial charge is 0.131 e. The number of rotatable bonds is 2. The SMILES string of the molecule is CCC1SCc2c(F)cc(OC)cc2C1O. The summed E-state index contributed by atoms with van der Waals surface area (Å²) in [6.07, 6.45) is 0.285. The Balaban J connectivity index is 2.45.